The Morgan fingerprint density at radius 1 is 1.09 bits per heavy atom. The highest BCUT2D eigenvalue weighted by Crippen LogP contribution is 2.23. The van der Waals surface area contributed by atoms with Crippen molar-refractivity contribution in [1.29, 1.82) is 0 Å². The number of aliphatic hydroxyl groups is 1. The van der Waals surface area contributed by atoms with Gasteiger partial charge < -0.3 is 25.3 Å². The Morgan fingerprint density at radius 3 is 2.66 bits per heavy atom. The number of carbonyl (C=O) groups excluding carboxylic acids is 2. The maximum Gasteiger partial charge on any atom is 0.268 e. The average molecular weight is 474 g/mol. The zero-order chi connectivity index (χ0) is 24.6. The Balaban J connectivity index is 1.32. The van der Waals surface area contributed by atoms with Gasteiger partial charge in [0.25, 0.3) is 5.91 Å². The largest absolute Gasteiger partial charge is 0.394 e. The van der Waals surface area contributed by atoms with Crippen molar-refractivity contribution in [3.63, 3.8) is 0 Å². The summed E-state index contributed by atoms with van der Waals surface area (Å²) in [7, 11) is 0. The molecule has 0 spiro atoms. The summed E-state index contributed by atoms with van der Waals surface area (Å²) >= 11 is 0. The highest BCUT2D eigenvalue weighted by Gasteiger charge is 2.14. The molecule has 1 unspecified atom stereocenters. The van der Waals surface area contributed by atoms with E-state index in [9.17, 15) is 14.7 Å². The molecular weight excluding hydrogens is 442 g/mol. The van der Waals surface area contributed by atoms with E-state index in [0.717, 1.165) is 35.9 Å². The maximum absolute atomic E-state index is 12.5. The van der Waals surface area contributed by atoms with Crippen LogP contribution in [0.5, 0.6) is 0 Å². The number of nitrogens with two attached hydrogens (primary N) is 1. The number of hydrogen-bond donors (Lipinski definition) is 3. The molecule has 0 aliphatic carbocycles. The Labute approximate surface area is 204 Å². The molecule has 2 aromatic heterocycles. The Kier molecular flexibility index (Phi) is 7.95. The van der Waals surface area contributed by atoms with Gasteiger partial charge in [-0.3, -0.25) is 9.59 Å². The quantitative estimate of drug-likeness (QED) is 0.271. The van der Waals surface area contributed by atoms with E-state index >= 15 is 0 Å². The van der Waals surface area contributed by atoms with Crippen molar-refractivity contribution in [2.75, 3.05) is 11.9 Å². The highest BCUT2D eigenvalue weighted by molar-refractivity contribution is 5.93. The smallest absolute Gasteiger partial charge is 0.268 e. The number of fused-ring (bicyclic) bond motifs is 1. The standard InChI is InChI=1S/C27H31N5O3/c28-27(35)24-17-32(19-29-24)23(18-33)13-15-31-14-12-21-10-11-22(16-25(21)31)30-26(34)9-5-4-8-20-6-2-1-3-7-20/h1-3,6-7,10-12,14,16-17,19,23,33H,4-5,8-9,13,15,18H2,(H2,28,35)(H,30,34). The molecule has 0 saturated heterocycles. The number of unbranched alkanes of at least 4 members (excludes halogenated alkanes) is 1. The molecule has 4 aromatic rings. The van der Waals surface area contributed by atoms with Crippen LogP contribution < -0.4 is 11.1 Å². The van der Waals surface area contributed by atoms with Crippen molar-refractivity contribution in [2.45, 2.75) is 44.7 Å². The van der Waals surface area contributed by atoms with Crippen molar-refractivity contribution >= 4 is 28.4 Å². The number of primary amides is 1. The number of rotatable bonds is 12. The van der Waals surface area contributed by atoms with Gasteiger partial charge in [0, 0.05) is 31.0 Å². The van der Waals surface area contributed by atoms with Crippen molar-refractivity contribution in [2.24, 2.45) is 5.73 Å². The fraction of sp³-hybridized carbons (Fsp3) is 0.296. The molecular formula is C27H31N5O3. The number of amides is 2. The molecule has 4 rings (SSSR count). The van der Waals surface area contributed by atoms with Crippen molar-refractivity contribution in [3.05, 3.63) is 84.6 Å². The third kappa shape index (κ3) is 6.36. The van der Waals surface area contributed by atoms with Crippen LogP contribution in [-0.4, -0.2) is 37.6 Å². The molecule has 2 amide bonds. The van der Waals surface area contributed by atoms with E-state index in [0.29, 0.717) is 19.4 Å². The Morgan fingerprint density at radius 2 is 1.91 bits per heavy atom. The van der Waals surface area contributed by atoms with Gasteiger partial charge in [0.1, 0.15) is 5.69 Å². The number of aromatic nitrogens is 3. The minimum Gasteiger partial charge on any atom is -0.394 e. The molecule has 2 heterocycles. The van der Waals surface area contributed by atoms with Crippen LogP contribution in [0.1, 0.15) is 47.8 Å². The van der Waals surface area contributed by atoms with E-state index in [-0.39, 0.29) is 24.2 Å². The van der Waals surface area contributed by atoms with E-state index in [2.05, 4.69) is 27.0 Å². The third-order valence-electron chi connectivity index (χ3n) is 6.21. The lowest BCUT2D eigenvalue weighted by Gasteiger charge is -2.16. The minimum atomic E-state index is -0.595. The van der Waals surface area contributed by atoms with E-state index in [1.54, 1.807) is 10.8 Å². The van der Waals surface area contributed by atoms with E-state index in [4.69, 9.17) is 5.73 Å². The molecule has 2 aromatic carbocycles. The minimum absolute atomic E-state index is 0.0150. The summed E-state index contributed by atoms with van der Waals surface area (Å²) < 4.78 is 3.81. The van der Waals surface area contributed by atoms with Crippen molar-refractivity contribution in [1.82, 2.24) is 14.1 Å². The fourth-order valence-corrected chi connectivity index (χ4v) is 4.23. The average Bonchev–Trinajstić information content (AvgIpc) is 3.51. The number of hydrogen-bond acceptors (Lipinski definition) is 4. The number of benzene rings is 2. The number of carbonyl (C=O) groups is 2. The topological polar surface area (TPSA) is 115 Å². The number of nitrogens with one attached hydrogen (secondary N) is 1. The summed E-state index contributed by atoms with van der Waals surface area (Å²) in [5.74, 6) is -0.580. The van der Waals surface area contributed by atoms with Gasteiger partial charge in [-0.2, -0.15) is 0 Å². The number of nitrogens with zero attached hydrogens (tertiary/aromatic N) is 3. The van der Waals surface area contributed by atoms with E-state index in [1.165, 1.54) is 11.9 Å². The molecule has 0 saturated carbocycles. The third-order valence-corrected chi connectivity index (χ3v) is 6.21. The van der Waals surface area contributed by atoms with Crippen molar-refractivity contribution < 1.29 is 14.7 Å². The van der Waals surface area contributed by atoms with Gasteiger partial charge in [-0.1, -0.05) is 36.4 Å². The second-order valence-corrected chi connectivity index (χ2v) is 8.72. The molecule has 8 nitrogen and oxygen atoms in total. The monoisotopic (exact) mass is 473 g/mol. The lowest BCUT2D eigenvalue weighted by molar-refractivity contribution is -0.116. The van der Waals surface area contributed by atoms with Crippen LogP contribution in [0, 0.1) is 0 Å². The van der Waals surface area contributed by atoms with Gasteiger partial charge in [-0.05, 0) is 54.8 Å². The summed E-state index contributed by atoms with van der Waals surface area (Å²) in [5.41, 5.74) is 8.52. The Hall–Kier alpha value is -3.91. The van der Waals surface area contributed by atoms with Gasteiger partial charge in [-0.15, -0.1) is 0 Å². The number of aryl methyl sites for hydroxylation is 2. The van der Waals surface area contributed by atoms with E-state index < -0.39 is 5.91 Å². The number of anilines is 1. The lowest BCUT2D eigenvalue weighted by Crippen LogP contribution is -2.15. The number of imidazole rings is 1. The van der Waals surface area contributed by atoms with Crippen LogP contribution in [0.2, 0.25) is 0 Å². The molecule has 8 heteroatoms. The van der Waals surface area contributed by atoms with Crippen molar-refractivity contribution in [3.8, 4) is 0 Å². The second-order valence-electron chi connectivity index (χ2n) is 8.72. The summed E-state index contributed by atoms with van der Waals surface area (Å²) in [6, 6.07) is 18.0. The number of aliphatic hydroxyl groups excluding tert-OH is 1. The second kappa shape index (κ2) is 11.5. The molecule has 4 N–H and O–H groups in total. The lowest BCUT2D eigenvalue weighted by atomic mass is 10.1. The first-order chi connectivity index (χ1) is 17.0. The summed E-state index contributed by atoms with van der Waals surface area (Å²) in [6.45, 7) is 0.565. The highest BCUT2D eigenvalue weighted by atomic mass is 16.3. The predicted molar refractivity (Wildman–Crippen MR) is 136 cm³/mol. The van der Waals surface area contributed by atoms with Crippen LogP contribution in [0.4, 0.5) is 5.69 Å². The van der Waals surface area contributed by atoms with Crippen LogP contribution >= 0.6 is 0 Å². The zero-order valence-electron chi connectivity index (χ0n) is 19.6. The SMILES string of the molecule is NC(=O)c1cn(C(CO)CCn2ccc3ccc(NC(=O)CCCCc4ccccc4)cc32)cn1. The van der Waals surface area contributed by atoms with Gasteiger partial charge in [0.05, 0.1) is 24.5 Å². The fourth-order valence-electron chi connectivity index (χ4n) is 4.23. The molecule has 35 heavy (non-hydrogen) atoms. The molecule has 0 radical (unpaired) electrons. The normalized spacial score (nSPS) is 12.0. The first-order valence-corrected chi connectivity index (χ1v) is 11.9. The summed E-state index contributed by atoms with van der Waals surface area (Å²) in [4.78, 5) is 27.8. The summed E-state index contributed by atoms with van der Waals surface area (Å²) in [6.07, 6.45) is 8.99. The van der Waals surface area contributed by atoms with Crippen LogP contribution in [0.3, 0.4) is 0 Å². The molecule has 0 aliphatic rings. The molecule has 0 fully saturated rings. The molecule has 0 bridgehead atoms. The van der Waals surface area contributed by atoms with Gasteiger partial charge >= 0.3 is 0 Å². The van der Waals surface area contributed by atoms with Gasteiger partial charge in [-0.25, -0.2) is 4.98 Å². The van der Waals surface area contributed by atoms with Gasteiger partial charge in [0.15, 0.2) is 0 Å². The van der Waals surface area contributed by atoms with Crippen LogP contribution in [0.25, 0.3) is 10.9 Å². The van der Waals surface area contributed by atoms with Crippen LogP contribution in [-0.2, 0) is 17.8 Å². The molecule has 182 valence electrons. The van der Waals surface area contributed by atoms with Crippen LogP contribution in [0.15, 0.2) is 73.3 Å². The molecule has 0 aliphatic heterocycles. The first kappa shape index (κ1) is 24.2. The Bertz CT molecular complexity index is 1280. The summed E-state index contributed by atoms with van der Waals surface area (Å²) in [5, 5.41) is 13.9. The maximum atomic E-state index is 12.5. The van der Waals surface area contributed by atoms with Gasteiger partial charge in [0.2, 0.25) is 5.91 Å². The predicted octanol–water partition coefficient (Wildman–Crippen LogP) is 3.91. The molecule has 1 atom stereocenters. The zero-order valence-corrected chi connectivity index (χ0v) is 19.6. The van der Waals surface area contributed by atoms with E-state index in [1.807, 2.05) is 48.7 Å². The first-order valence-electron chi connectivity index (χ1n) is 11.9.